The van der Waals surface area contributed by atoms with E-state index in [0.29, 0.717) is 17.1 Å². The average Bonchev–Trinajstić information content (AvgIpc) is 3.01. The van der Waals surface area contributed by atoms with Crippen molar-refractivity contribution in [3.63, 3.8) is 0 Å². The van der Waals surface area contributed by atoms with Crippen LogP contribution in [0.3, 0.4) is 0 Å². The van der Waals surface area contributed by atoms with Crippen LogP contribution < -0.4 is 16.0 Å². The number of nitro benzene ring substituents is 1. The Labute approximate surface area is 167 Å². The Kier molecular flexibility index (Phi) is 5.92. The number of amides is 2. The molecule has 29 heavy (non-hydrogen) atoms. The van der Waals surface area contributed by atoms with Crippen LogP contribution in [0, 0.1) is 23.0 Å². The molecule has 0 radical (unpaired) electrons. The number of nitrogens with zero attached hydrogens (tertiary/aromatic N) is 3. The van der Waals surface area contributed by atoms with Crippen molar-refractivity contribution >= 4 is 23.3 Å². The van der Waals surface area contributed by atoms with Crippen LogP contribution in [0.4, 0.5) is 11.5 Å². The van der Waals surface area contributed by atoms with Gasteiger partial charge < -0.3 is 10.6 Å². The molecule has 2 amide bonds. The minimum atomic E-state index is -0.566. The minimum absolute atomic E-state index is 0.0264. The van der Waals surface area contributed by atoms with Gasteiger partial charge in [0.25, 0.3) is 5.69 Å². The number of aryl methyl sites for hydroxylation is 1. The van der Waals surface area contributed by atoms with E-state index in [1.165, 1.54) is 12.1 Å². The van der Waals surface area contributed by atoms with Crippen LogP contribution in [0.1, 0.15) is 37.8 Å². The lowest BCUT2D eigenvalue weighted by atomic mass is 9.95. The lowest BCUT2D eigenvalue weighted by molar-refractivity contribution is -0.384. The van der Waals surface area contributed by atoms with Gasteiger partial charge in [-0.25, -0.2) is 4.68 Å². The van der Waals surface area contributed by atoms with Crippen LogP contribution in [0.2, 0.25) is 0 Å². The van der Waals surface area contributed by atoms with Crippen LogP contribution in [0.5, 0.6) is 0 Å². The van der Waals surface area contributed by atoms with Gasteiger partial charge in [-0.2, -0.15) is 5.10 Å². The molecule has 1 saturated heterocycles. The van der Waals surface area contributed by atoms with Gasteiger partial charge in [0.2, 0.25) is 11.8 Å². The molecule has 0 aliphatic carbocycles. The molecule has 10 nitrogen and oxygen atoms in total. The molecule has 3 unspecified atom stereocenters. The second-order valence-corrected chi connectivity index (χ2v) is 7.15. The molecule has 3 rings (SSSR count). The van der Waals surface area contributed by atoms with Crippen LogP contribution >= 0.6 is 0 Å². The first-order valence-electron chi connectivity index (χ1n) is 9.44. The lowest BCUT2D eigenvalue weighted by Crippen LogP contribution is -2.57. The molecule has 1 aliphatic rings. The first kappa shape index (κ1) is 20.5. The molecule has 154 valence electrons. The van der Waals surface area contributed by atoms with Gasteiger partial charge in [0.05, 0.1) is 23.0 Å². The number of nitro groups is 1. The van der Waals surface area contributed by atoms with E-state index in [1.807, 2.05) is 13.8 Å². The van der Waals surface area contributed by atoms with E-state index >= 15 is 0 Å². The molecule has 1 aromatic carbocycles. The fraction of sp³-hybridized carbons (Fsp3) is 0.421. The third-order valence-corrected chi connectivity index (χ3v) is 4.96. The van der Waals surface area contributed by atoms with E-state index in [-0.39, 0.29) is 35.9 Å². The highest BCUT2D eigenvalue weighted by atomic mass is 16.6. The Balaban J connectivity index is 1.71. The first-order valence-corrected chi connectivity index (χ1v) is 9.44. The second-order valence-electron chi connectivity index (χ2n) is 7.15. The maximum absolute atomic E-state index is 12.5. The third-order valence-electron chi connectivity index (χ3n) is 4.96. The summed E-state index contributed by atoms with van der Waals surface area (Å²) in [6.45, 7) is 5.71. The molecular weight excluding hydrogens is 376 g/mol. The van der Waals surface area contributed by atoms with Gasteiger partial charge in [0.1, 0.15) is 5.82 Å². The Morgan fingerprint density at radius 2 is 2.03 bits per heavy atom. The molecular formula is C19H24N6O4. The van der Waals surface area contributed by atoms with E-state index < -0.39 is 11.2 Å². The zero-order valence-electron chi connectivity index (χ0n) is 16.5. The lowest BCUT2D eigenvalue weighted by Gasteiger charge is -2.35. The Bertz CT molecular complexity index is 923. The van der Waals surface area contributed by atoms with Crippen LogP contribution in [0.25, 0.3) is 0 Å². The summed E-state index contributed by atoms with van der Waals surface area (Å²) in [6.07, 6.45) is 0.216. The van der Waals surface area contributed by atoms with E-state index in [4.69, 9.17) is 0 Å². The minimum Gasteiger partial charge on any atom is -0.322 e. The summed E-state index contributed by atoms with van der Waals surface area (Å²) in [5, 5.41) is 24.1. The Hall–Kier alpha value is -3.27. The topological polar surface area (TPSA) is 131 Å². The van der Waals surface area contributed by atoms with Crippen LogP contribution in [-0.4, -0.2) is 32.6 Å². The normalized spacial score (nSPS) is 21.5. The van der Waals surface area contributed by atoms with Gasteiger partial charge in [-0.1, -0.05) is 19.1 Å². The number of benzene rings is 1. The Morgan fingerprint density at radius 3 is 2.62 bits per heavy atom. The quantitative estimate of drug-likeness (QED) is 0.501. The number of carbonyl (C=O) groups excluding carboxylic acids is 2. The summed E-state index contributed by atoms with van der Waals surface area (Å²) in [5.74, 6) is -0.0147. The third kappa shape index (κ3) is 4.60. The number of aromatic nitrogens is 2. The largest absolute Gasteiger partial charge is 0.322 e. The number of hydrogen-bond acceptors (Lipinski definition) is 6. The molecule has 2 heterocycles. The molecule has 10 heteroatoms. The molecule has 1 fully saturated rings. The smallest absolute Gasteiger partial charge is 0.269 e. The van der Waals surface area contributed by atoms with Crippen LogP contribution in [0.15, 0.2) is 30.3 Å². The Morgan fingerprint density at radius 1 is 1.34 bits per heavy atom. The molecule has 1 aromatic heterocycles. The number of nitrogens with one attached hydrogen (secondary N) is 3. The summed E-state index contributed by atoms with van der Waals surface area (Å²) in [6, 6.07) is 7.52. The summed E-state index contributed by atoms with van der Waals surface area (Å²) in [7, 11) is 0. The second kappa shape index (κ2) is 8.39. The van der Waals surface area contributed by atoms with Crippen LogP contribution in [-0.2, 0) is 16.0 Å². The summed E-state index contributed by atoms with van der Waals surface area (Å²) >= 11 is 0. The standard InChI is InChI=1S/C19H24N6O4/c1-4-15-12(3)20-19(22-18(15)27)24-16(9-11(2)23-24)21-17(26)10-13-5-7-14(8-6-13)25(28)29/h5-9,12,15,19-20H,4,10H2,1-3H3,(H,21,26)(H,22,27). The van der Waals surface area contributed by atoms with Crippen molar-refractivity contribution in [1.82, 2.24) is 20.4 Å². The van der Waals surface area contributed by atoms with E-state index in [0.717, 1.165) is 6.42 Å². The highest BCUT2D eigenvalue weighted by Crippen LogP contribution is 2.21. The van der Waals surface area contributed by atoms with E-state index in [2.05, 4.69) is 21.0 Å². The zero-order valence-corrected chi connectivity index (χ0v) is 16.5. The van der Waals surface area contributed by atoms with Crippen molar-refractivity contribution in [1.29, 1.82) is 0 Å². The molecule has 0 bridgehead atoms. The number of rotatable bonds is 6. The molecule has 3 atom stereocenters. The predicted molar refractivity (Wildman–Crippen MR) is 106 cm³/mol. The predicted octanol–water partition coefficient (Wildman–Crippen LogP) is 1.87. The van der Waals surface area contributed by atoms with Crippen molar-refractivity contribution < 1.29 is 14.5 Å². The number of anilines is 1. The fourth-order valence-corrected chi connectivity index (χ4v) is 3.46. The summed E-state index contributed by atoms with van der Waals surface area (Å²) in [5.41, 5.74) is 1.32. The van der Waals surface area contributed by atoms with Crippen molar-refractivity contribution in [3.05, 3.63) is 51.7 Å². The van der Waals surface area contributed by atoms with Crippen molar-refractivity contribution in [2.75, 3.05) is 5.32 Å². The van der Waals surface area contributed by atoms with Gasteiger partial charge in [-0.15, -0.1) is 0 Å². The monoisotopic (exact) mass is 400 g/mol. The molecule has 3 N–H and O–H groups in total. The van der Waals surface area contributed by atoms with E-state index in [1.54, 1.807) is 29.8 Å². The maximum atomic E-state index is 12.5. The molecule has 0 spiro atoms. The summed E-state index contributed by atoms with van der Waals surface area (Å²) in [4.78, 5) is 35.1. The number of non-ortho nitro benzene ring substituents is 1. The van der Waals surface area contributed by atoms with Gasteiger partial charge in [0.15, 0.2) is 6.29 Å². The average molecular weight is 400 g/mol. The van der Waals surface area contributed by atoms with Crippen molar-refractivity contribution in [2.45, 2.75) is 45.9 Å². The SMILES string of the molecule is CCC1C(=O)NC(n2nc(C)cc2NC(=O)Cc2ccc([N+](=O)[O-])cc2)NC1C. The number of carbonyl (C=O) groups is 2. The molecule has 0 saturated carbocycles. The highest BCUT2D eigenvalue weighted by molar-refractivity contribution is 5.91. The number of hydrogen-bond donors (Lipinski definition) is 3. The van der Waals surface area contributed by atoms with Gasteiger partial charge in [-0.05, 0) is 25.8 Å². The maximum Gasteiger partial charge on any atom is 0.269 e. The van der Waals surface area contributed by atoms with Gasteiger partial charge >= 0.3 is 0 Å². The first-order chi connectivity index (χ1) is 13.8. The fourth-order valence-electron chi connectivity index (χ4n) is 3.46. The molecule has 2 aromatic rings. The van der Waals surface area contributed by atoms with Crippen molar-refractivity contribution in [2.24, 2.45) is 5.92 Å². The van der Waals surface area contributed by atoms with E-state index in [9.17, 15) is 19.7 Å². The highest BCUT2D eigenvalue weighted by Gasteiger charge is 2.34. The summed E-state index contributed by atoms with van der Waals surface area (Å²) < 4.78 is 1.54. The molecule has 1 aliphatic heterocycles. The van der Waals surface area contributed by atoms with Gasteiger partial charge in [0, 0.05) is 24.2 Å². The van der Waals surface area contributed by atoms with Gasteiger partial charge in [-0.3, -0.25) is 25.0 Å². The zero-order chi connectivity index (χ0) is 21.1. The van der Waals surface area contributed by atoms with Crippen molar-refractivity contribution in [3.8, 4) is 0 Å².